The fourth-order valence-electron chi connectivity index (χ4n) is 4.58. The maximum Gasteiger partial charge on any atom is 0.243 e. The molecule has 0 bridgehead atoms. The van der Waals surface area contributed by atoms with E-state index in [2.05, 4.69) is 4.90 Å². The predicted molar refractivity (Wildman–Crippen MR) is 95.7 cm³/mol. The van der Waals surface area contributed by atoms with Gasteiger partial charge >= 0.3 is 0 Å². The van der Waals surface area contributed by atoms with Gasteiger partial charge in [0.15, 0.2) is 0 Å². The number of hydrogen-bond donors (Lipinski definition) is 0. The van der Waals surface area contributed by atoms with Crippen LogP contribution in [0.2, 0.25) is 0 Å². The molecule has 2 heterocycles. The van der Waals surface area contributed by atoms with E-state index in [1.54, 1.807) is 4.31 Å². The van der Waals surface area contributed by atoms with Gasteiger partial charge in [-0.25, -0.2) is 8.42 Å². The second-order valence-electron chi connectivity index (χ2n) is 7.56. The summed E-state index contributed by atoms with van der Waals surface area (Å²) in [7, 11) is -3.36. The molecule has 0 aromatic heterocycles. The van der Waals surface area contributed by atoms with Crippen LogP contribution in [0, 0.1) is 0 Å². The normalized spacial score (nSPS) is 25.9. The Balaban J connectivity index is 1.56. The fourth-order valence-corrected chi connectivity index (χ4v) is 6.31. The highest BCUT2D eigenvalue weighted by atomic mass is 32.2. The Bertz CT molecular complexity index is 695. The van der Waals surface area contributed by atoms with Crippen molar-refractivity contribution in [1.29, 1.82) is 0 Å². The molecule has 132 valence electrons. The van der Waals surface area contributed by atoms with E-state index >= 15 is 0 Å². The van der Waals surface area contributed by atoms with Gasteiger partial charge < -0.3 is 4.90 Å². The number of aryl methyl sites for hydroxylation is 2. The summed E-state index contributed by atoms with van der Waals surface area (Å²) >= 11 is 0. The van der Waals surface area contributed by atoms with Crippen molar-refractivity contribution < 1.29 is 8.42 Å². The van der Waals surface area contributed by atoms with Gasteiger partial charge in [-0.3, -0.25) is 0 Å². The molecule has 2 aliphatic heterocycles. The number of fused-ring (bicyclic) bond motifs is 1. The molecule has 1 aliphatic carbocycles. The third kappa shape index (κ3) is 3.14. The molecule has 5 heteroatoms. The molecule has 2 saturated heterocycles. The van der Waals surface area contributed by atoms with E-state index in [1.165, 1.54) is 36.8 Å². The molecule has 24 heavy (non-hydrogen) atoms. The second-order valence-corrected chi connectivity index (χ2v) is 9.45. The topological polar surface area (TPSA) is 40.6 Å². The van der Waals surface area contributed by atoms with Crippen LogP contribution in [0.3, 0.4) is 0 Å². The monoisotopic (exact) mass is 348 g/mol. The minimum atomic E-state index is -3.36. The maximum atomic E-state index is 13.2. The van der Waals surface area contributed by atoms with Crippen LogP contribution in [-0.2, 0) is 22.9 Å². The summed E-state index contributed by atoms with van der Waals surface area (Å²) in [6.07, 6.45) is 9.02. The molecule has 1 aromatic rings. The first-order chi connectivity index (χ1) is 11.6. The van der Waals surface area contributed by atoms with Crippen molar-refractivity contribution in [3.05, 3.63) is 29.3 Å². The first-order valence-electron chi connectivity index (χ1n) is 9.50. The second kappa shape index (κ2) is 6.77. The average Bonchev–Trinajstić information content (AvgIpc) is 3.27. The Morgan fingerprint density at radius 2 is 1.67 bits per heavy atom. The van der Waals surface area contributed by atoms with Gasteiger partial charge in [0.25, 0.3) is 0 Å². The third-order valence-corrected chi connectivity index (χ3v) is 7.87. The van der Waals surface area contributed by atoms with E-state index in [-0.39, 0.29) is 6.04 Å². The zero-order valence-corrected chi connectivity index (χ0v) is 15.2. The molecule has 1 unspecified atom stereocenters. The molecule has 0 radical (unpaired) electrons. The zero-order chi connectivity index (χ0) is 16.6. The number of likely N-dealkylation sites (tertiary alicyclic amines) is 1. The minimum Gasteiger partial charge on any atom is -0.302 e. The SMILES string of the molecule is O=S(=O)(c1ccc2c(c1)CCCC2)N1CCCC1CN1CCCC1. The lowest BCUT2D eigenvalue weighted by Gasteiger charge is -2.28. The smallest absolute Gasteiger partial charge is 0.243 e. The lowest BCUT2D eigenvalue weighted by atomic mass is 9.92. The molecule has 4 nitrogen and oxygen atoms in total. The molecular weight excluding hydrogens is 320 g/mol. The molecule has 0 saturated carbocycles. The van der Waals surface area contributed by atoms with Gasteiger partial charge in [0.2, 0.25) is 10.0 Å². The summed E-state index contributed by atoms with van der Waals surface area (Å²) in [6, 6.07) is 6.00. The van der Waals surface area contributed by atoms with Crippen molar-refractivity contribution in [2.75, 3.05) is 26.2 Å². The van der Waals surface area contributed by atoms with Gasteiger partial charge in [-0.2, -0.15) is 4.31 Å². The highest BCUT2D eigenvalue weighted by molar-refractivity contribution is 7.89. The molecule has 2 fully saturated rings. The first-order valence-corrected chi connectivity index (χ1v) is 10.9. The van der Waals surface area contributed by atoms with Crippen LogP contribution in [-0.4, -0.2) is 49.8 Å². The van der Waals surface area contributed by atoms with Crippen molar-refractivity contribution in [3.63, 3.8) is 0 Å². The van der Waals surface area contributed by atoms with Crippen LogP contribution in [0.1, 0.15) is 49.7 Å². The van der Waals surface area contributed by atoms with Gasteiger partial charge in [-0.15, -0.1) is 0 Å². The molecular formula is C19H28N2O2S. The van der Waals surface area contributed by atoms with Crippen LogP contribution in [0.15, 0.2) is 23.1 Å². The Kier molecular flexibility index (Phi) is 4.67. The predicted octanol–water partition coefficient (Wildman–Crippen LogP) is 2.81. The molecule has 1 atom stereocenters. The quantitative estimate of drug-likeness (QED) is 0.840. The fraction of sp³-hybridized carbons (Fsp3) is 0.684. The number of benzene rings is 1. The summed E-state index contributed by atoms with van der Waals surface area (Å²) < 4.78 is 28.2. The van der Waals surface area contributed by atoms with E-state index in [4.69, 9.17) is 0 Å². The van der Waals surface area contributed by atoms with Crippen molar-refractivity contribution >= 4 is 10.0 Å². The first kappa shape index (κ1) is 16.6. The van der Waals surface area contributed by atoms with Crippen molar-refractivity contribution in [1.82, 2.24) is 9.21 Å². The zero-order valence-electron chi connectivity index (χ0n) is 14.4. The van der Waals surface area contributed by atoms with E-state index in [0.717, 1.165) is 45.3 Å². The van der Waals surface area contributed by atoms with Gasteiger partial charge in [0, 0.05) is 19.1 Å². The van der Waals surface area contributed by atoms with Gasteiger partial charge in [0.05, 0.1) is 4.90 Å². The van der Waals surface area contributed by atoms with Crippen molar-refractivity contribution in [2.45, 2.75) is 62.3 Å². The lowest BCUT2D eigenvalue weighted by Crippen LogP contribution is -2.42. The number of nitrogens with zero attached hydrogens (tertiary/aromatic N) is 2. The Morgan fingerprint density at radius 3 is 2.46 bits per heavy atom. The molecule has 1 aromatic carbocycles. The Hall–Kier alpha value is -0.910. The van der Waals surface area contributed by atoms with Gasteiger partial charge in [0.1, 0.15) is 0 Å². The van der Waals surface area contributed by atoms with E-state index in [9.17, 15) is 8.42 Å². The molecule has 0 spiro atoms. The highest BCUT2D eigenvalue weighted by Crippen LogP contribution is 2.30. The van der Waals surface area contributed by atoms with Crippen LogP contribution in [0.4, 0.5) is 0 Å². The average molecular weight is 349 g/mol. The number of rotatable bonds is 4. The van der Waals surface area contributed by atoms with Crippen LogP contribution in [0.25, 0.3) is 0 Å². The van der Waals surface area contributed by atoms with E-state index in [0.29, 0.717) is 11.4 Å². The van der Waals surface area contributed by atoms with Crippen molar-refractivity contribution in [3.8, 4) is 0 Å². The molecule has 3 aliphatic rings. The maximum absolute atomic E-state index is 13.2. The molecule has 4 rings (SSSR count). The summed E-state index contributed by atoms with van der Waals surface area (Å²) in [5, 5.41) is 0. The van der Waals surface area contributed by atoms with Crippen LogP contribution in [0.5, 0.6) is 0 Å². The summed E-state index contributed by atoms with van der Waals surface area (Å²) in [4.78, 5) is 2.95. The Morgan fingerprint density at radius 1 is 0.917 bits per heavy atom. The number of hydrogen-bond acceptors (Lipinski definition) is 3. The standard InChI is InChI=1S/C19H28N2O2S/c22-24(23,19-10-9-16-6-1-2-7-17(16)14-19)21-13-5-8-18(21)15-20-11-3-4-12-20/h9-10,14,18H,1-8,11-13,15H2. The van der Waals surface area contributed by atoms with Crippen LogP contribution >= 0.6 is 0 Å². The minimum absolute atomic E-state index is 0.157. The van der Waals surface area contributed by atoms with E-state index < -0.39 is 10.0 Å². The third-order valence-electron chi connectivity index (χ3n) is 5.92. The largest absolute Gasteiger partial charge is 0.302 e. The van der Waals surface area contributed by atoms with Gasteiger partial charge in [-0.05, 0) is 87.7 Å². The summed E-state index contributed by atoms with van der Waals surface area (Å²) in [5.74, 6) is 0. The van der Waals surface area contributed by atoms with Gasteiger partial charge in [-0.1, -0.05) is 6.07 Å². The molecule has 0 amide bonds. The van der Waals surface area contributed by atoms with E-state index in [1.807, 2.05) is 18.2 Å². The molecule has 0 N–H and O–H groups in total. The lowest BCUT2D eigenvalue weighted by molar-refractivity contribution is 0.257. The van der Waals surface area contributed by atoms with Crippen molar-refractivity contribution in [2.24, 2.45) is 0 Å². The summed E-state index contributed by atoms with van der Waals surface area (Å²) in [5.41, 5.74) is 2.59. The summed E-state index contributed by atoms with van der Waals surface area (Å²) in [6.45, 7) is 3.84. The number of sulfonamides is 1. The Labute approximate surface area is 145 Å². The highest BCUT2D eigenvalue weighted by Gasteiger charge is 2.36. The van der Waals surface area contributed by atoms with Crippen LogP contribution < -0.4 is 0 Å².